The quantitative estimate of drug-likeness (QED) is 0.186. The first kappa shape index (κ1) is 27.5. The van der Waals surface area contributed by atoms with Gasteiger partial charge in [-0.3, -0.25) is 0 Å². The molecule has 222 valence electrons. The fourth-order valence-electron chi connectivity index (χ4n) is 7.84. The highest BCUT2D eigenvalue weighted by molar-refractivity contribution is 7.00. The topological polar surface area (TPSA) is 6.48 Å². The number of hydrogen-bond acceptors (Lipinski definition) is 2. The van der Waals surface area contributed by atoms with Crippen molar-refractivity contribution in [2.75, 3.05) is 9.80 Å². The second-order valence-electron chi connectivity index (χ2n) is 12.7. The van der Waals surface area contributed by atoms with Crippen molar-refractivity contribution in [1.82, 2.24) is 0 Å². The summed E-state index contributed by atoms with van der Waals surface area (Å²) in [5, 5.41) is 0. The second kappa shape index (κ2) is 10.9. The minimum absolute atomic E-state index is 0.104. The van der Waals surface area contributed by atoms with Crippen molar-refractivity contribution in [2.24, 2.45) is 0 Å². The number of para-hydroxylation sites is 2. The van der Waals surface area contributed by atoms with Crippen LogP contribution in [0.5, 0.6) is 0 Å². The molecule has 7 aromatic rings. The van der Waals surface area contributed by atoms with E-state index in [0.717, 1.165) is 0 Å². The van der Waals surface area contributed by atoms with E-state index in [4.69, 9.17) is 0 Å². The smallest absolute Gasteiger partial charge is 0.252 e. The Balaban J connectivity index is 1.37. The zero-order chi connectivity index (χ0) is 31.5. The van der Waals surface area contributed by atoms with Gasteiger partial charge in [0.1, 0.15) is 0 Å². The van der Waals surface area contributed by atoms with Crippen molar-refractivity contribution in [1.29, 1.82) is 0 Å². The lowest BCUT2D eigenvalue weighted by Crippen LogP contribution is -2.62. The summed E-state index contributed by atoms with van der Waals surface area (Å²) in [5.41, 5.74) is 18.8. The lowest BCUT2D eigenvalue weighted by atomic mass is 9.32. The van der Waals surface area contributed by atoms with E-state index in [1.54, 1.807) is 0 Å². The molecule has 0 aromatic heterocycles. The van der Waals surface area contributed by atoms with Gasteiger partial charge in [-0.25, -0.2) is 0 Å². The first-order valence-corrected chi connectivity index (χ1v) is 16.4. The van der Waals surface area contributed by atoms with Gasteiger partial charge in [0.25, 0.3) is 6.71 Å². The molecule has 2 nitrogen and oxygen atoms in total. The largest absolute Gasteiger partial charge is 0.311 e. The number of hydrogen-bond donors (Lipinski definition) is 0. The van der Waals surface area contributed by atoms with Gasteiger partial charge in [0.2, 0.25) is 0 Å². The van der Waals surface area contributed by atoms with E-state index in [0.29, 0.717) is 0 Å². The first-order chi connectivity index (χ1) is 23.2. The third-order valence-electron chi connectivity index (χ3n) is 9.76. The minimum atomic E-state index is 0.104. The molecule has 2 aliphatic rings. The van der Waals surface area contributed by atoms with Gasteiger partial charge in [-0.2, -0.15) is 0 Å². The molecule has 0 N–H and O–H groups in total. The van der Waals surface area contributed by atoms with E-state index in [2.05, 4.69) is 187 Å². The van der Waals surface area contributed by atoms with E-state index in [9.17, 15) is 0 Å². The van der Waals surface area contributed by atoms with Crippen LogP contribution in [0.2, 0.25) is 0 Å². The molecule has 0 bridgehead atoms. The molecule has 7 aromatic carbocycles. The summed E-state index contributed by atoms with van der Waals surface area (Å²) >= 11 is 0. The maximum atomic E-state index is 2.53. The molecule has 0 amide bonds. The van der Waals surface area contributed by atoms with Crippen LogP contribution in [-0.4, -0.2) is 6.71 Å². The third-order valence-corrected chi connectivity index (χ3v) is 9.76. The predicted molar refractivity (Wildman–Crippen MR) is 201 cm³/mol. The SMILES string of the molecule is Cc1cc(-c2ccccc2)cc(N2c3cc(-c4ccccc4)cc(C)c3B3c4ccccc4N(c4ccccc4)c4cccc2c43)c1. The Kier molecular flexibility index (Phi) is 6.40. The summed E-state index contributed by atoms with van der Waals surface area (Å²) in [5.74, 6) is 0. The van der Waals surface area contributed by atoms with Gasteiger partial charge in [0.15, 0.2) is 0 Å². The lowest BCUT2D eigenvalue weighted by molar-refractivity contribution is 1.24. The monoisotopic (exact) mass is 600 g/mol. The van der Waals surface area contributed by atoms with E-state index in [1.165, 1.54) is 83.9 Å². The molecule has 3 heteroatoms. The summed E-state index contributed by atoms with van der Waals surface area (Å²) in [6.07, 6.45) is 0. The Bertz CT molecular complexity index is 2280. The van der Waals surface area contributed by atoms with Crippen molar-refractivity contribution in [2.45, 2.75) is 13.8 Å². The third kappa shape index (κ3) is 4.42. The molecule has 0 saturated heterocycles. The molecule has 0 atom stereocenters. The lowest BCUT2D eigenvalue weighted by Gasteiger charge is -2.44. The van der Waals surface area contributed by atoms with Crippen molar-refractivity contribution in [3.05, 3.63) is 175 Å². The van der Waals surface area contributed by atoms with Gasteiger partial charge >= 0.3 is 0 Å². The van der Waals surface area contributed by atoms with Crippen LogP contribution in [0.4, 0.5) is 34.1 Å². The highest BCUT2D eigenvalue weighted by Crippen LogP contribution is 2.45. The van der Waals surface area contributed by atoms with E-state index in [-0.39, 0.29) is 6.71 Å². The number of anilines is 6. The Morgan fingerprint density at radius 1 is 0.383 bits per heavy atom. The van der Waals surface area contributed by atoms with Crippen molar-refractivity contribution in [3.63, 3.8) is 0 Å². The predicted octanol–water partition coefficient (Wildman–Crippen LogP) is 9.72. The Hall–Kier alpha value is -5.80. The zero-order valence-electron chi connectivity index (χ0n) is 26.6. The molecule has 47 heavy (non-hydrogen) atoms. The maximum Gasteiger partial charge on any atom is 0.252 e. The Morgan fingerprint density at radius 2 is 0.936 bits per heavy atom. The normalized spacial score (nSPS) is 12.8. The maximum absolute atomic E-state index is 2.53. The molecule has 0 aliphatic carbocycles. The first-order valence-electron chi connectivity index (χ1n) is 16.4. The number of rotatable bonds is 4. The Morgan fingerprint density at radius 3 is 1.62 bits per heavy atom. The van der Waals surface area contributed by atoms with Crippen LogP contribution in [0, 0.1) is 13.8 Å². The second-order valence-corrected chi connectivity index (χ2v) is 12.7. The molecule has 2 aliphatic heterocycles. The van der Waals surface area contributed by atoms with E-state index < -0.39 is 0 Å². The average Bonchev–Trinajstić information content (AvgIpc) is 3.12. The van der Waals surface area contributed by atoms with Crippen LogP contribution in [0.15, 0.2) is 164 Å². The number of fused-ring (bicyclic) bond motifs is 4. The van der Waals surface area contributed by atoms with Gasteiger partial charge in [-0.05, 0) is 107 Å². The number of nitrogens with zero attached hydrogens (tertiary/aromatic N) is 2. The van der Waals surface area contributed by atoms with E-state index in [1.807, 2.05) is 0 Å². The molecule has 0 spiro atoms. The van der Waals surface area contributed by atoms with Gasteiger partial charge in [0.05, 0.1) is 0 Å². The van der Waals surface area contributed by atoms with Crippen LogP contribution < -0.4 is 26.2 Å². The van der Waals surface area contributed by atoms with Crippen LogP contribution in [0.1, 0.15) is 11.1 Å². The molecule has 0 fully saturated rings. The fraction of sp³-hybridized carbons (Fsp3) is 0.0455. The van der Waals surface area contributed by atoms with Gasteiger partial charge in [-0.1, -0.05) is 121 Å². The van der Waals surface area contributed by atoms with Crippen LogP contribution in [0.25, 0.3) is 22.3 Å². The molecule has 2 heterocycles. The highest BCUT2D eigenvalue weighted by Gasteiger charge is 2.43. The zero-order valence-corrected chi connectivity index (χ0v) is 26.6. The van der Waals surface area contributed by atoms with Crippen LogP contribution in [-0.2, 0) is 0 Å². The molecular formula is C44H33BN2. The summed E-state index contributed by atoms with van der Waals surface area (Å²) in [6, 6.07) is 60.0. The van der Waals surface area contributed by atoms with Crippen molar-refractivity contribution < 1.29 is 0 Å². The molecular weight excluding hydrogens is 567 g/mol. The summed E-state index contributed by atoms with van der Waals surface area (Å²) in [4.78, 5) is 4.98. The molecule has 9 rings (SSSR count). The number of benzene rings is 7. The summed E-state index contributed by atoms with van der Waals surface area (Å²) < 4.78 is 0. The standard InChI is InChI=1S/C44H33BN2/c1-30-25-34(32-15-6-3-7-16-32)28-37(26-30)47-41-24-14-23-40-44(41)45(38-21-12-13-22-39(38)46(40)36-19-10-5-11-20-36)43-31(2)27-35(29-42(43)47)33-17-8-4-9-18-33/h3-29H,1-2H3. The average molecular weight is 601 g/mol. The Labute approximate surface area is 277 Å². The van der Waals surface area contributed by atoms with Crippen LogP contribution in [0.3, 0.4) is 0 Å². The molecule has 0 radical (unpaired) electrons. The number of aryl methyl sites for hydroxylation is 2. The van der Waals surface area contributed by atoms with E-state index >= 15 is 0 Å². The highest BCUT2D eigenvalue weighted by atomic mass is 15.2. The van der Waals surface area contributed by atoms with Gasteiger partial charge in [0, 0.05) is 34.1 Å². The molecule has 0 unspecified atom stereocenters. The fourth-order valence-corrected chi connectivity index (χ4v) is 7.84. The van der Waals surface area contributed by atoms with Crippen LogP contribution >= 0.6 is 0 Å². The molecule has 0 saturated carbocycles. The van der Waals surface area contributed by atoms with Gasteiger partial charge < -0.3 is 9.80 Å². The summed E-state index contributed by atoms with van der Waals surface area (Å²) in [6.45, 7) is 4.62. The van der Waals surface area contributed by atoms with Gasteiger partial charge in [-0.15, -0.1) is 0 Å². The van der Waals surface area contributed by atoms with Crippen molar-refractivity contribution >= 4 is 57.2 Å². The minimum Gasteiger partial charge on any atom is -0.311 e. The van der Waals surface area contributed by atoms with Crippen molar-refractivity contribution in [3.8, 4) is 22.3 Å². The summed E-state index contributed by atoms with van der Waals surface area (Å²) in [7, 11) is 0.